The van der Waals surface area contributed by atoms with Crippen LogP contribution in [0.25, 0.3) is 22.6 Å². The number of nitrogens with one attached hydrogen (secondary N) is 1. The molecule has 1 N–H and O–H groups in total. The summed E-state index contributed by atoms with van der Waals surface area (Å²) in [6, 6.07) is 12.0. The van der Waals surface area contributed by atoms with Crippen molar-refractivity contribution in [3.05, 3.63) is 47.9 Å². The van der Waals surface area contributed by atoms with Gasteiger partial charge in [0.05, 0.1) is 17.1 Å². The zero-order chi connectivity index (χ0) is 18.3. The molecule has 0 unspecified atom stereocenters. The van der Waals surface area contributed by atoms with Gasteiger partial charge in [-0.1, -0.05) is 33.8 Å². The lowest BCUT2D eigenvalue weighted by atomic mass is 9.96. The summed E-state index contributed by atoms with van der Waals surface area (Å²) < 4.78 is 11.0. The highest BCUT2D eigenvalue weighted by atomic mass is 16.7. The highest BCUT2D eigenvalue weighted by Crippen LogP contribution is 2.39. The number of fused-ring (bicyclic) bond motifs is 1. The molecule has 0 atom stereocenters. The van der Waals surface area contributed by atoms with Crippen molar-refractivity contribution in [2.75, 3.05) is 6.79 Å². The third-order valence-corrected chi connectivity index (χ3v) is 4.49. The largest absolute Gasteiger partial charge is 0.454 e. The van der Waals surface area contributed by atoms with Crippen molar-refractivity contribution in [3.8, 4) is 34.1 Å². The molecule has 0 amide bonds. The lowest BCUT2D eigenvalue weighted by Gasteiger charge is -2.14. The summed E-state index contributed by atoms with van der Waals surface area (Å²) in [5, 5.41) is 0. The molecule has 134 valence electrons. The summed E-state index contributed by atoms with van der Waals surface area (Å²) in [7, 11) is 0. The van der Waals surface area contributed by atoms with E-state index in [0.717, 1.165) is 52.1 Å². The minimum absolute atomic E-state index is 0.0916. The maximum atomic E-state index is 5.54. The van der Waals surface area contributed by atoms with Crippen LogP contribution in [0.1, 0.15) is 39.2 Å². The van der Waals surface area contributed by atoms with Gasteiger partial charge in [-0.05, 0) is 36.8 Å². The van der Waals surface area contributed by atoms with Gasteiger partial charge in [-0.2, -0.15) is 0 Å². The van der Waals surface area contributed by atoms with Crippen molar-refractivity contribution in [1.29, 1.82) is 0 Å². The van der Waals surface area contributed by atoms with Crippen LogP contribution in [0.3, 0.4) is 0 Å². The van der Waals surface area contributed by atoms with Crippen LogP contribution >= 0.6 is 0 Å². The Morgan fingerprint density at radius 1 is 1.04 bits per heavy atom. The number of aromatic nitrogens is 3. The first-order valence-corrected chi connectivity index (χ1v) is 8.92. The molecular weight excluding hydrogens is 326 g/mol. The lowest BCUT2D eigenvalue weighted by Crippen LogP contribution is -2.13. The van der Waals surface area contributed by atoms with E-state index < -0.39 is 0 Å². The Kier molecular flexibility index (Phi) is 3.94. The zero-order valence-corrected chi connectivity index (χ0v) is 15.6. The van der Waals surface area contributed by atoms with Crippen LogP contribution in [0.4, 0.5) is 0 Å². The van der Waals surface area contributed by atoms with E-state index in [1.807, 2.05) is 36.4 Å². The number of pyridine rings is 1. The predicted molar refractivity (Wildman–Crippen MR) is 101 cm³/mol. The molecule has 1 aromatic carbocycles. The number of aryl methyl sites for hydroxylation is 1. The average molecular weight is 349 g/mol. The van der Waals surface area contributed by atoms with Gasteiger partial charge in [-0.15, -0.1) is 0 Å². The van der Waals surface area contributed by atoms with Crippen LogP contribution in [-0.2, 0) is 11.8 Å². The molecule has 0 bridgehead atoms. The van der Waals surface area contributed by atoms with Crippen molar-refractivity contribution >= 4 is 0 Å². The Bertz CT molecular complexity index is 954. The van der Waals surface area contributed by atoms with E-state index in [1.54, 1.807) is 0 Å². The Labute approximate surface area is 153 Å². The maximum Gasteiger partial charge on any atom is 0.231 e. The van der Waals surface area contributed by atoms with Crippen molar-refractivity contribution in [1.82, 2.24) is 15.0 Å². The molecular formula is C21H23N3O2. The van der Waals surface area contributed by atoms with Crippen LogP contribution < -0.4 is 9.47 Å². The van der Waals surface area contributed by atoms with Gasteiger partial charge in [0.1, 0.15) is 5.82 Å². The quantitative estimate of drug-likeness (QED) is 0.743. The van der Waals surface area contributed by atoms with Crippen LogP contribution in [0.15, 0.2) is 36.4 Å². The predicted octanol–water partition coefficient (Wildman–Crippen LogP) is 4.73. The molecule has 0 saturated heterocycles. The molecule has 5 heteroatoms. The Morgan fingerprint density at radius 2 is 1.85 bits per heavy atom. The second-order valence-corrected chi connectivity index (χ2v) is 7.49. The zero-order valence-electron chi connectivity index (χ0n) is 15.6. The molecule has 0 aliphatic carbocycles. The van der Waals surface area contributed by atoms with Gasteiger partial charge in [0.15, 0.2) is 11.5 Å². The molecule has 0 saturated carbocycles. The van der Waals surface area contributed by atoms with E-state index in [0.29, 0.717) is 0 Å². The summed E-state index contributed by atoms with van der Waals surface area (Å²) in [4.78, 5) is 13.2. The molecule has 0 fully saturated rings. The molecule has 5 nitrogen and oxygen atoms in total. The molecule has 3 heterocycles. The number of hydrogen-bond donors (Lipinski definition) is 1. The van der Waals surface area contributed by atoms with Gasteiger partial charge >= 0.3 is 0 Å². The first-order chi connectivity index (χ1) is 12.5. The standard InChI is InChI=1S/C21H23N3O2/c1-5-14-7-6-8-15(22-14)19-18(23-20(24-19)21(2,3)4)13-9-10-16-17(11-13)26-12-25-16/h6-11H,5,12H2,1-4H3,(H,23,24). The fraction of sp³-hybridized carbons (Fsp3) is 0.333. The number of aromatic amines is 1. The van der Waals surface area contributed by atoms with E-state index in [2.05, 4.69) is 32.7 Å². The highest BCUT2D eigenvalue weighted by Gasteiger charge is 2.24. The van der Waals surface area contributed by atoms with Crippen LogP contribution in [0, 0.1) is 0 Å². The van der Waals surface area contributed by atoms with Crippen molar-refractivity contribution in [2.45, 2.75) is 39.5 Å². The first-order valence-electron chi connectivity index (χ1n) is 8.92. The lowest BCUT2D eigenvalue weighted by molar-refractivity contribution is 0.174. The number of imidazole rings is 1. The highest BCUT2D eigenvalue weighted by molar-refractivity contribution is 5.78. The minimum Gasteiger partial charge on any atom is -0.454 e. The van der Waals surface area contributed by atoms with Crippen LogP contribution in [-0.4, -0.2) is 21.7 Å². The van der Waals surface area contributed by atoms with E-state index in [1.165, 1.54) is 0 Å². The SMILES string of the molecule is CCc1cccc(-c2[nH]c(C(C)(C)C)nc2-c2ccc3c(c2)OCO3)n1. The maximum absolute atomic E-state index is 5.54. The topological polar surface area (TPSA) is 60.0 Å². The Morgan fingerprint density at radius 3 is 2.62 bits per heavy atom. The number of benzene rings is 1. The van der Waals surface area contributed by atoms with Gasteiger partial charge < -0.3 is 14.5 Å². The number of H-pyrrole nitrogens is 1. The fourth-order valence-corrected chi connectivity index (χ4v) is 2.98. The summed E-state index contributed by atoms with van der Waals surface area (Å²) in [6.45, 7) is 8.82. The number of nitrogens with zero attached hydrogens (tertiary/aromatic N) is 2. The number of rotatable bonds is 3. The first kappa shape index (κ1) is 16.6. The third-order valence-electron chi connectivity index (χ3n) is 4.49. The number of ether oxygens (including phenoxy) is 2. The Balaban J connectivity index is 1.88. The normalized spacial score (nSPS) is 13.2. The van der Waals surface area contributed by atoms with Gasteiger partial charge in [0.2, 0.25) is 6.79 Å². The van der Waals surface area contributed by atoms with E-state index in [4.69, 9.17) is 19.4 Å². The van der Waals surface area contributed by atoms with Gasteiger partial charge in [-0.25, -0.2) is 4.98 Å². The summed E-state index contributed by atoms with van der Waals surface area (Å²) in [5.74, 6) is 2.46. The van der Waals surface area contributed by atoms with Crippen LogP contribution in [0.2, 0.25) is 0 Å². The van der Waals surface area contributed by atoms with Gasteiger partial charge in [0, 0.05) is 16.7 Å². The van der Waals surface area contributed by atoms with Crippen LogP contribution in [0.5, 0.6) is 11.5 Å². The summed E-state index contributed by atoms with van der Waals surface area (Å²) in [5.41, 5.74) is 4.68. The molecule has 1 aliphatic heterocycles. The molecule has 0 radical (unpaired) electrons. The molecule has 3 aromatic rings. The second-order valence-electron chi connectivity index (χ2n) is 7.49. The molecule has 1 aliphatic rings. The smallest absolute Gasteiger partial charge is 0.231 e. The minimum atomic E-state index is -0.0916. The Hall–Kier alpha value is -2.82. The molecule has 2 aromatic heterocycles. The fourth-order valence-electron chi connectivity index (χ4n) is 2.98. The van der Waals surface area contributed by atoms with Crippen molar-refractivity contribution in [2.24, 2.45) is 0 Å². The van der Waals surface area contributed by atoms with E-state index in [-0.39, 0.29) is 12.2 Å². The van der Waals surface area contributed by atoms with Crippen molar-refractivity contribution < 1.29 is 9.47 Å². The number of hydrogen-bond acceptors (Lipinski definition) is 4. The molecule has 4 rings (SSSR count). The average Bonchev–Trinajstić information content (AvgIpc) is 3.27. The third kappa shape index (κ3) is 2.94. The van der Waals surface area contributed by atoms with Crippen molar-refractivity contribution in [3.63, 3.8) is 0 Å². The van der Waals surface area contributed by atoms with E-state index in [9.17, 15) is 0 Å². The second kappa shape index (κ2) is 6.16. The molecule has 0 spiro atoms. The van der Waals surface area contributed by atoms with Gasteiger partial charge in [0.25, 0.3) is 0 Å². The summed E-state index contributed by atoms with van der Waals surface area (Å²) in [6.07, 6.45) is 0.896. The van der Waals surface area contributed by atoms with E-state index >= 15 is 0 Å². The molecule has 26 heavy (non-hydrogen) atoms. The monoisotopic (exact) mass is 349 g/mol. The summed E-state index contributed by atoms with van der Waals surface area (Å²) >= 11 is 0. The van der Waals surface area contributed by atoms with Gasteiger partial charge in [-0.3, -0.25) is 4.98 Å².